The van der Waals surface area contributed by atoms with Gasteiger partial charge in [-0.25, -0.2) is 55.4 Å². The zero-order valence-electron chi connectivity index (χ0n) is 61.3. The fourth-order valence-corrected chi connectivity index (χ4v) is 12.0. The summed E-state index contributed by atoms with van der Waals surface area (Å²) in [5.41, 5.74) is 16.7. The van der Waals surface area contributed by atoms with Crippen molar-refractivity contribution in [1.29, 1.82) is 0 Å². The summed E-state index contributed by atoms with van der Waals surface area (Å²) in [6, 6.07) is 33.9. The first-order chi connectivity index (χ1) is 47.1. The standard InChI is InChI=1S/C14H22BNO4S.C14H15FN2O2S.C12H24B2O4.C8H10BrNO2S.C6H4BrClO2S.C6H5BrFN.C2H7N.CH3I2.BI2.ClH.I2/c1-13(2)14(3,4)20-15(19-13)11-7-9-12(10-8-11)21(17,18)16(5)6;1-17(2)20(18,19)12-6-3-10(4-7-12)13-8-5-11(15)9-14(13)16;1-9(2)10(3,4)16-13(15-9)14-17-11(5,6)12(7,8)18-14;1-10(2)13(11,12)8-5-3-7(9)4-6-8;7-5-1-3-6(4-2-5)11(8,9)10;7-5-2-1-4(8)3-6(5)9;3*1-3-2;;1-2/h7-10H,1-6H3;3-9H,16H2,1-2H3;1-8H3;3-6H,1-2H3;1-4H;1-3H,9H2;3H,1-2H3;1H3;;1H;/q;;;;;;;2*-1;;. The first-order valence-electron chi connectivity index (χ1n) is 30.1. The summed E-state index contributed by atoms with van der Waals surface area (Å²) < 4.78 is 159. The summed E-state index contributed by atoms with van der Waals surface area (Å²) in [6.45, 7) is 24.1. The van der Waals surface area contributed by atoms with Gasteiger partial charge in [-0.3, -0.25) is 0 Å². The zero-order valence-corrected chi connectivity index (χ0v) is 83.8. The number of hydrogen-bond acceptors (Lipinski definition) is 17. The number of nitrogens with zero attached hydrogens (tertiary/aromatic N) is 3. The van der Waals surface area contributed by atoms with E-state index >= 15 is 0 Å². The van der Waals surface area contributed by atoms with Crippen molar-refractivity contribution >= 4 is 228 Å². The van der Waals surface area contributed by atoms with Gasteiger partial charge in [0, 0.05) is 121 Å². The normalized spacial score (nSPS) is 16.2. The molecule has 20 nitrogen and oxygen atoms in total. The average molecular weight is 2440 g/mol. The molecule has 3 fully saturated rings. The second-order valence-electron chi connectivity index (χ2n) is 25.3. The molecule has 0 unspecified atom stereocenters. The van der Waals surface area contributed by atoms with Gasteiger partial charge in [0.1, 0.15) is 11.6 Å². The molecular weight excluding hydrogens is 2350 g/mol. The quantitative estimate of drug-likeness (QED) is 0.0379. The van der Waals surface area contributed by atoms with Gasteiger partial charge in [0.25, 0.3) is 9.05 Å². The SMILES string of the molecule is CC1(C)OB(B2OC(C)(C)C(C)(C)O2)OC1(C)C.CN(C)S(=O)(=O)c1ccc(-c2ccc(F)cc2N)cc1.CN(C)S(=O)(=O)c1ccc(B2OC(C)(C)C(C)(C)O2)cc1.CN(C)S(=O)(=O)c1ccc(Br)cc1.CNC.C[I-]I.Cl.II.Nc1cc(F)ccc1Br.O=S(=O)(Cl)c1ccc(Br)cc1.[B][I-]I. The van der Waals surface area contributed by atoms with Crippen molar-refractivity contribution in [3.8, 4) is 11.1 Å². The van der Waals surface area contributed by atoms with Crippen LogP contribution in [-0.2, 0) is 67.0 Å². The number of alkyl halides is 1. The summed E-state index contributed by atoms with van der Waals surface area (Å²) in [4.78, 5) is 3.10. The van der Waals surface area contributed by atoms with Gasteiger partial charge in [-0.05, 0) is 233 Å². The van der Waals surface area contributed by atoms with Gasteiger partial charge in [-0.15, -0.1) is 12.4 Å². The second kappa shape index (κ2) is 47.6. The van der Waals surface area contributed by atoms with Gasteiger partial charge in [0.05, 0.1) is 53.2 Å². The van der Waals surface area contributed by atoms with Gasteiger partial charge in [0.15, 0.2) is 0 Å². The van der Waals surface area contributed by atoms with E-state index in [2.05, 4.69) is 133 Å². The van der Waals surface area contributed by atoms with Gasteiger partial charge >= 0.3 is 103 Å². The average Bonchev–Trinajstić information content (AvgIpc) is 1.60. The van der Waals surface area contributed by atoms with Crippen molar-refractivity contribution in [2.75, 3.05) is 72.8 Å². The van der Waals surface area contributed by atoms with Crippen LogP contribution in [0.4, 0.5) is 20.2 Å². The predicted molar refractivity (Wildman–Crippen MR) is 463 cm³/mol. The third kappa shape index (κ3) is 33.7. The summed E-state index contributed by atoms with van der Waals surface area (Å²) in [5, 5.41) is 2.75. The van der Waals surface area contributed by atoms with E-state index in [0.717, 1.165) is 28.7 Å². The molecule has 0 aliphatic carbocycles. The van der Waals surface area contributed by atoms with Crippen molar-refractivity contribution in [1.82, 2.24) is 18.2 Å². The Kier molecular flexibility index (Phi) is 49.0. The fraction of sp³-hybridized carbons (Fsp3) is 0.429. The molecule has 3 saturated heterocycles. The molecule has 0 aromatic heterocycles. The molecule has 0 atom stereocenters. The number of rotatable bonds is 10. The van der Waals surface area contributed by atoms with Crippen molar-refractivity contribution < 1.29 is 105 Å². The molecule has 0 saturated carbocycles. The van der Waals surface area contributed by atoms with Gasteiger partial charge in [0.2, 0.25) is 30.1 Å². The maximum atomic E-state index is 13.0. The third-order valence-corrected chi connectivity index (χ3v) is 24.2. The van der Waals surface area contributed by atoms with E-state index in [1.54, 1.807) is 84.9 Å². The minimum absolute atomic E-state index is 0. The molecule has 0 spiro atoms. The van der Waals surface area contributed by atoms with E-state index in [-0.39, 0.29) is 72.3 Å². The summed E-state index contributed by atoms with van der Waals surface area (Å²) in [7, 11) is 2.67. The van der Waals surface area contributed by atoms with E-state index < -0.39 is 77.3 Å². The van der Waals surface area contributed by atoms with E-state index in [1.165, 1.54) is 99.4 Å². The van der Waals surface area contributed by atoms with E-state index in [1.807, 2.05) is 97.2 Å². The second-order valence-corrected chi connectivity index (χ2v) is 46.9. The molecular formula is C63H91B4Br3Cl2F2I6N6O14S4-2. The van der Waals surface area contributed by atoms with Crippen LogP contribution < -0.4 is 56.5 Å². The van der Waals surface area contributed by atoms with Crippen molar-refractivity contribution in [2.45, 2.75) is 136 Å². The van der Waals surface area contributed by atoms with E-state index in [4.69, 9.17) is 55.8 Å². The number of nitrogen functional groups attached to an aromatic ring is 2. The number of nitrogens with two attached hydrogens (primary N) is 2. The number of anilines is 2. The molecule has 41 heteroatoms. The van der Waals surface area contributed by atoms with Gasteiger partial charge in [-0.1, -0.05) is 56.1 Å². The van der Waals surface area contributed by atoms with E-state index in [9.17, 15) is 42.5 Å². The van der Waals surface area contributed by atoms with Crippen LogP contribution in [0.1, 0.15) is 83.1 Å². The molecule has 0 bridgehead atoms. The van der Waals surface area contributed by atoms with Gasteiger partial charge in [-0.2, -0.15) is 0 Å². The molecule has 6 aromatic rings. The van der Waals surface area contributed by atoms with Gasteiger partial charge < -0.3 is 44.7 Å². The van der Waals surface area contributed by atoms with Crippen LogP contribution in [0, 0.1) is 11.6 Å². The number of hydrogen-bond donors (Lipinski definition) is 3. The van der Waals surface area contributed by atoms with Crippen LogP contribution in [0.3, 0.4) is 0 Å². The Hall–Kier alpha value is 0.840. The molecule has 5 N–H and O–H groups in total. The Morgan fingerprint density at radius 2 is 0.731 bits per heavy atom. The molecule has 586 valence electrons. The molecule has 0 amide bonds. The monoisotopic (exact) mass is 2430 g/mol. The number of sulfonamides is 3. The summed E-state index contributed by atoms with van der Waals surface area (Å²) in [6.07, 6.45) is 0. The van der Waals surface area contributed by atoms with Crippen LogP contribution in [0.15, 0.2) is 166 Å². The zero-order chi connectivity index (χ0) is 80.5. The molecule has 104 heavy (non-hydrogen) atoms. The molecule has 2 radical (unpaired) electrons. The first-order valence-corrected chi connectivity index (χ1v) is 61.4. The summed E-state index contributed by atoms with van der Waals surface area (Å²) >= 11 is 19.0. The minimum atomic E-state index is -3.57. The maximum absolute atomic E-state index is 13.0. The molecule has 3 aliphatic rings. The molecule has 6 aromatic carbocycles. The summed E-state index contributed by atoms with van der Waals surface area (Å²) in [5.74, 6) is -0.714. The Morgan fingerprint density at radius 3 is 0.990 bits per heavy atom. The van der Waals surface area contributed by atoms with Crippen LogP contribution in [0.5, 0.6) is 0 Å². The fourth-order valence-electron chi connectivity index (χ4n) is 7.73. The molecule has 3 aliphatic heterocycles. The van der Waals surface area contributed by atoms with Crippen molar-refractivity contribution in [2.24, 2.45) is 0 Å². The number of benzene rings is 6. The Bertz CT molecular complexity index is 3980. The third-order valence-electron chi connectivity index (χ3n) is 15.6. The van der Waals surface area contributed by atoms with Crippen LogP contribution in [0.2, 0.25) is 0 Å². The molecule has 3 heterocycles. The number of nitrogens with one attached hydrogen (secondary N) is 1. The Balaban J connectivity index is 0. The van der Waals surface area contributed by atoms with Crippen molar-refractivity contribution in [3.05, 3.63) is 159 Å². The van der Waals surface area contributed by atoms with Crippen LogP contribution >= 0.6 is 145 Å². The van der Waals surface area contributed by atoms with E-state index in [0.29, 0.717) is 39.1 Å². The first kappa shape index (κ1) is 107. The van der Waals surface area contributed by atoms with Crippen LogP contribution in [0.25, 0.3) is 11.1 Å². The Labute approximate surface area is 719 Å². The topological polar surface area (TPSA) is 266 Å². The van der Waals surface area contributed by atoms with Crippen LogP contribution in [-0.4, -0.2) is 168 Å². The number of halogens is 13. The Morgan fingerprint density at radius 1 is 0.481 bits per heavy atom. The predicted octanol–water partition coefficient (Wildman–Crippen LogP) is 9.65. The molecule has 9 rings (SSSR count). The van der Waals surface area contributed by atoms with Crippen molar-refractivity contribution in [3.63, 3.8) is 0 Å².